The summed E-state index contributed by atoms with van der Waals surface area (Å²) in [5.41, 5.74) is 2.23. The Morgan fingerprint density at radius 3 is 2.31 bits per heavy atom. The molecule has 0 aromatic heterocycles. The van der Waals surface area contributed by atoms with Crippen LogP contribution < -0.4 is 4.74 Å². The van der Waals surface area contributed by atoms with E-state index in [2.05, 4.69) is 25.1 Å². The lowest BCUT2D eigenvalue weighted by molar-refractivity contribution is -0.140. The average molecular weight is 583 g/mol. The quantitative estimate of drug-likeness (QED) is 0.118. The molecule has 1 fully saturated rings. The van der Waals surface area contributed by atoms with Gasteiger partial charge in [-0.05, 0) is 30.7 Å². The van der Waals surface area contributed by atoms with Crippen LogP contribution in [0.25, 0.3) is 0 Å². The minimum Gasteiger partial charge on any atom is -0.493 e. The molecule has 1 saturated carbocycles. The first-order valence-corrected chi connectivity index (χ1v) is 17.0. The van der Waals surface area contributed by atoms with Gasteiger partial charge in [0.2, 0.25) is 0 Å². The predicted molar refractivity (Wildman–Crippen MR) is 163 cm³/mol. The summed E-state index contributed by atoms with van der Waals surface area (Å²) in [5.74, 6) is 1.93. The third-order valence-corrected chi connectivity index (χ3v) is 9.72. The van der Waals surface area contributed by atoms with E-state index in [1.54, 1.807) is 11.8 Å². The number of carbonyl (C=O) groups is 2. The topological polar surface area (TPSA) is 82.1 Å². The van der Waals surface area contributed by atoms with E-state index >= 15 is 0 Å². The van der Waals surface area contributed by atoms with Crippen molar-refractivity contribution in [2.75, 3.05) is 38.1 Å². The fourth-order valence-corrected chi connectivity index (χ4v) is 7.30. The standard InChI is InChI=1S/C31H50O6S2/c1-4-5-6-7-8-9-10-13-20-37-30-25(24-15-11-12-16-24)17-14-18-26(30)31(39-21-19-28(33)35-2)27(32)22-38-23-29(34)36-3/h14,17-18,24,27,31-32H,4-13,15-16,19-23H2,1-3H3. The molecule has 1 aromatic carbocycles. The van der Waals surface area contributed by atoms with E-state index in [4.69, 9.17) is 14.2 Å². The lowest BCUT2D eigenvalue weighted by atomic mass is 9.93. The summed E-state index contributed by atoms with van der Waals surface area (Å²) in [7, 11) is 2.76. The van der Waals surface area contributed by atoms with Crippen LogP contribution in [0.1, 0.15) is 113 Å². The summed E-state index contributed by atoms with van der Waals surface area (Å²) in [4.78, 5) is 23.4. The molecule has 222 valence electrons. The van der Waals surface area contributed by atoms with Crippen molar-refractivity contribution in [2.24, 2.45) is 0 Å². The number of rotatable bonds is 21. The Hall–Kier alpha value is -1.38. The van der Waals surface area contributed by atoms with Gasteiger partial charge in [-0.2, -0.15) is 11.8 Å². The molecular weight excluding hydrogens is 532 g/mol. The van der Waals surface area contributed by atoms with Crippen LogP contribution in [0.3, 0.4) is 0 Å². The maximum absolute atomic E-state index is 11.8. The Morgan fingerprint density at radius 2 is 1.64 bits per heavy atom. The van der Waals surface area contributed by atoms with Crippen LogP contribution in [0.4, 0.5) is 0 Å². The number of para-hydroxylation sites is 1. The van der Waals surface area contributed by atoms with Crippen molar-refractivity contribution in [2.45, 2.75) is 108 Å². The van der Waals surface area contributed by atoms with Crippen molar-refractivity contribution in [3.05, 3.63) is 29.3 Å². The molecule has 39 heavy (non-hydrogen) atoms. The first kappa shape index (κ1) is 33.8. The van der Waals surface area contributed by atoms with Crippen LogP contribution >= 0.6 is 23.5 Å². The molecule has 0 aliphatic heterocycles. The number of hydrogen-bond donors (Lipinski definition) is 1. The van der Waals surface area contributed by atoms with Gasteiger partial charge in [0, 0.05) is 17.1 Å². The number of benzene rings is 1. The Labute approximate surface area is 244 Å². The Morgan fingerprint density at radius 1 is 0.974 bits per heavy atom. The molecule has 2 atom stereocenters. The van der Waals surface area contributed by atoms with Crippen LogP contribution in [0, 0.1) is 0 Å². The van der Waals surface area contributed by atoms with Crippen molar-refractivity contribution < 1.29 is 28.9 Å². The van der Waals surface area contributed by atoms with Crippen molar-refractivity contribution in [1.82, 2.24) is 0 Å². The number of unbranched alkanes of at least 4 members (excludes halogenated alkanes) is 7. The highest BCUT2D eigenvalue weighted by Gasteiger charge is 2.29. The third-order valence-electron chi connectivity index (χ3n) is 7.34. The predicted octanol–water partition coefficient (Wildman–Crippen LogP) is 7.47. The zero-order chi connectivity index (χ0) is 28.3. The molecule has 1 aliphatic carbocycles. The van der Waals surface area contributed by atoms with Gasteiger partial charge in [-0.3, -0.25) is 9.59 Å². The fourth-order valence-electron chi connectivity index (χ4n) is 5.12. The van der Waals surface area contributed by atoms with Crippen molar-refractivity contribution >= 4 is 35.5 Å². The summed E-state index contributed by atoms with van der Waals surface area (Å²) in [6.07, 6.45) is 14.3. The highest BCUT2D eigenvalue weighted by Crippen LogP contribution is 2.45. The second kappa shape index (κ2) is 20.5. The summed E-state index contributed by atoms with van der Waals surface area (Å²) >= 11 is 2.91. The van der Waals surface area contributed by atoms with Crippen molar-refractivity contribution in [1.29, 1.82) is 0 Å². The van der Waals surface area contributed by atoms with Gasteiger partial charge in [-0.25, -0.2) is 0 Å². The molecule has 8 heteroatoms. The normalized spacial score (nSPS) is 15.2. The van der Waals surface area contributed by atoms with Crippen molar-refractivity contribution in [3.8, 4) is 5.75 Å². The van der Waals surface area contributed by atoms with Gasteiger partial charge in [0.05, 0.1) is 44.4 Å². The molecule has 1 N–H and O–H groups in total. The molecule has 0 bridgehead atoms. The van der Waals surface area contributed by atoms with E-state index in [1.807, 2.05) is 0 Å². The molecule has 2 rings (SSSR count). The maximum Gasteiger partial charge on any atom is 0.315 e. The molecule has 1 aromatic rings. The largest absolute Gasteiger partial charge is 0.493 e. The molecule has 0 amide bonds. The molecule has 0 saturated heterocycles. The number of carbonyl (C=O) groups excluding carboxylic acids is 2. The lowest BCUT2D eigenvalue weighted by Crippen LogP contribution is -2.22. The molecule has 0 radical (unpaired) electrons. The average Bonchev–Trinajstić information content (AvgIpc) is 3.49. The van der Waals surface area contributed by atoms with Gasteiger partial charge in [0.1, 0.15) is 5.75 Å². The van der Waals surface area contributed by atoms with Gasteiger partial charge in [0.15, 0.2) is 0 Å². The lowest BCUT2D eigenvalue weighted by Gasteiger charge is -2.27. The minimum atomic E-state index is -0.716. The number of methoxy groups -OCH3 is 2. The fraction of sp³-hybridized carbons (Fsp3) is 0.742. The van der Waals surface area contributed by atoms with E-state index in [9.17, 15) is 14.7 Å². The Bertz CT molecular complexity index is 827. The molecule has 0 heterocycles. The van der Waals surface area contributed by atoms with E-state index in [1.165, 1.54) is 82.9 Å². The number of aliphatic hydroxyl groups is 1. The zero-order valence-corrected chi connectivity index (χ0v) is 25.9. The highest BCUT2D eigenvalue weighted by atomic mass is 32.2. The van der Waals surface area contributed by atoms with Crippen molar-refractivity contribution in [3.63, 3.8) is 0 Å². The molecule has 6 nitrogen and oxygen atoms in total. The van der Waals surface area contributed by atoms with Crippen LogP contribution in [0.2, 0.25) is 0 Å². The van der Waals surface area contributed by atoms with E-state index < -0.39 is 6.10 Å². The maximum atomic E-state index is 11.8. The van der Waals surface area contributed by atoms with Gasteiger partial charge >= 0.3 is 11.9 Å². The summed E-state index contributed by atoms with van der Waals surface area (Å²) in [6.45, 7) is 2.91. The minimum absolute atomic E-state index is 0.191. The van der Waals surface area contributed by atoms with Gasteiger partial charge in [0.25, 0.3) is 0 Å². The van der Waals surface area contributed by atoms with Crippen LogP contribution in [-0.4, -0.2) is 61.2 Å². The van der Waals surface area contributed by atoms with Crippen LogP contribution in [-0.2, 0) is 19.1 Å². The molecular formula is C31H50O6S2. The smallest absolute Gasteiger partial charge is 0.315 e. The van der Waals surface area contributed by atoms with Gasteiger partial charge < -0.3 is 19.3 Å². The van der Waals surface area contributed by atoms with E-state index in [-0.39, 0.29) is 29.4 Å². The Kier molecular flexibility index (Phi) is 17.8. The first-order valence-electron chi connectivity index (χ1n) is 14.8. The SMILES string of the molecule is CCCCCCCCCCOc1c(C2CCCC2)cccc1C(SCCC(=O)OC)C(O)CSCC(=O)OC. The Balaban J connectivity index is 2.16. The number of ether oxygens (including phenoxy) is 3. The summed E-state index contributed by atoms with van der Waals surface area (Å²) in [6, 6.07) is 6.33. The third kappa shape index (κ3) is 12.8. The number of esters is 2. The van der Waals surface area contributed by atoms with E-state index in [0.29, 0.717) is 24.0 Å². The first-order chi connectivity index (χ1) is 19.0. The summed E-state index contributed by atoms with van der Waals surface area (Å²) in [5, 5.41) is 11.0. The second-order valence-corrected chi connectivity index (χ2v) is 12.6. The van der Waals surface area contributed by atoms with Crippen LogP contribution in [0.5, 0.6) is 5.75 Å². The van der Waals surface area contributed by atoms with Gasteiger partial charge in [-0.1, -0.05) is 82.9 Å². The number of thioether (sulfide) groups is 2. The molecule has 1 aliphatic rings. The van der Waals surface area contributed by atoms with E-state index in [0.717, 1.165) is 37.0 Å². The zero-order valence-electron chi connectivity index (χ0n) is 24.3. The second-order valence-electron chi connectivity index (χ2n) is 10.3. The monoisotopic (exact) mass is 582 g/mol. The van der Waals surface area contributed by atoms with Crippen LogP contribution in [0.15, 0.2) is 18.2 Å². The van der Waals surface area contributed by atoms with Gasteiger partial charge in [-0.15, -0.1) is 11.8 Å². The highest BCUT2D eigenvalue weighted by molar-refractivity contribution is 8.00. The molecule has 0 spiro atoms. The summed E-state index contributed by atoms with van der Waals surface area (Å²) < 4.78 is 16.1. The molecule has 2 unspecified atom stereocenters. The number of aliphatic hydroxyl groups excluding tert-OH is 1. The number of hydrogen-bond acceptors (Lipinski definition) is 8.